The van der Waals surface area contributed by atoms with Gasteiger partial charge < -0.3 is 10.1 Å². The van der Waals surface area contributed by atoms with Crippen molar-refractivity contribution in [3.63, 3.8) is 0 Å². The molecule has 2 unspecified atom stereocenters. The Morgan fingerprint density at radius 1 is 1.24 bits per heavy atom. The maximum Gasteiger partial charge on any atom is 0.351 e. The first-order valence-corrected chi connectivity index (χ1v) is 10.1. The second kappa shape index (κ2) is 7.46. The molecule has 2 atom stereocenters. The average Bonchev–Trinajstić information content (AvgIpc) is 3.48. The summed E-state index contributed by atoms with van der Waals surface area (Å²) < 4.78 is 6.98. The molecule has 1 N–H and O–H groups in total. The second-order valence-electron chi connectivity index (χ2n) is 7.84. The van der Waals surface area contributed by atoms with Crippen LogP contribution in [-0.2, 0) is 9.53 Å². The first kappa shape index (κ1) is 19.4. The van der Waals surface area contributed by atoms with Crippen LogP contribution in [0, 0.1) is 12.8 Å². The van der Waals surface area contributed by atoms with Crippen molar-refractivity contribution < 1.29 is 9.53 Å². The predicted molar refractivity (Wildman–Crippen MR) is 113 cm³/mol. The van der Waals surface area contributed by atoms with Crippen molar-refractivity contribution in [3.05, 3.63) is 45.9 Å². The van der Waals surface area contributed by atoms with Crippen LogP contribution in [0.2, 0.25) is 0 Å². The predicted octanol–water partition coefficient (Wildman–Crippen LogP) is 4.02. The van der Waals surface area contributed by atoms with Gasteiger partial charge in [0.25, 0.3) is 0 Å². The fourth-order valence-electron chi connectivity index (χ4n) is 3.97. The van der Waals surface area contributed by atoms with E-state index in [1.807, 2.05) is 45.0 Å². The number of hydrogen-bond acceptors (Lipinski definition) is 6. The number of anilines is 2. The van der Waals surface area contributed by atoms with Gasteiger partial charge in [-0.25, -0.2) is 9.79 Å². The molecule has 29 heavy (non-hydrogen) atoms. The minimum Gasteiger partial charge on any atom is -0.465 e. The minimum absolute atomic E-state index is 0.139. The molecule has 1 aliphatic heterocycles. The average molecular weight is 394 g/mol. The van der Waals surface area contributed by atoms with Crippen LogP contribution < -0.4 is 11.0 Å². The second-order valence-corrected chi connectivity index (χ2v) is 7.84. The number of benzene rings is 1. The van der Waals surface area contributed by atoms with E-state index < -0.39 is 5.92 Å². The summed E-state index contributed by atoms with van der Waals surface area (Å²) in [6, 6.07) is 8.02. The zero-order chi connectivity index (χ0) is 20.7. The van der Waals surface area contributed by atoms with E-state index >= 15 is 0 Å². The van der Waals surface area contributed by atoms with E-state index in [-0.39, 0.29) is 23.6 Å². The molecule has 2 heterocycles. The first-order valence-electron chi connectivity index (χ1n) is 10.1. The molecule has 0 amide bonds. The van der Waals surface area contributed by atoms with Gasteiger partial charge in [0.15, 0.2) is 0 Å². The smallest absolute Gasteiger partial charge is 0.351 e. The lowest BCUT2D eigenvalue weighted by Crippen LogP contribution is -2.35. The number of aliphatic imine (C=N–C) groups is 1. The van der Waals surface area contributed by atoms with Crippen molar-refractivity contribution in [3.8, 4) is 0 Å². The minimum atomic E-state index is -0.493. The Balaban J connectivity index is 1.85. The van der Waals surface area contributed by atoms with Gasteiger partial charge in [0.1, 0.15) is 17.6 Å². The molecule has 0 radical (unpaired) electrons. The molecule has 2 aromatic rings. The molecule has 1 fully saturated rings. The summed E-state index contributed by atoms with van der Waals surface area (Å²) in [6.45, 7) is 7.93. The number of carbonyl (C=O) groups excluding carboxylic acids is 1. The third-order valence-electron chi connectivity index (χ3n) is 5.59. The van der Waals surface area contributed by atoms with Gasteiger partial charge in [0.05, 0.1) is 6.61 Å². The number of esters is 1. The third kappa shape index (κ3) is 3.57. The van der Waals surface area contributed by atoms with Crippen molar-refractivity contribution in [2.24, 2.45) is 10.9 Å². The van der Waals surface area contributed by atoms with Crippen molar-refractivity contribution in [2.45, 2.75) is 52.5 Å². The molecule has 1 aromatic heterocycles. The fourth-order valence-corrected chi connectivity index (χ4v) is 3.97. The highest BCUT2D eigenvalue weighted by Crippen LogP contribution is 2.45. The van der Waals surface area contributed by atoms with E-state index in [0.717, 1.165) is 29.7 Å². The number of hydrogen-bond donors (Lipinski definition) is 1. The van der Waals surface area contributed by atoms with Gasteiger partial charge in [-0.1, -0.05) is 24.6 Å². The highest BCUT2D eigenvalue weighted by atomic mass is 16.5. The van der Waals surface area contributed by atoms with Crippen LogP contribution in [-0.4, -0.2) is 27.8 Å². The van der Waals surface area contributed by atoms with Gasteiger partial charge in [-0.2, -0.15) is 4.98 Å². The van der Waals surface area contributed by atoms with E-state index in [1.165, 1.54) is 0 Å². The number of rotatable bonds is 5. The zero-order valence-electron chi connectivity index (χ0n) is 17.2. The third-order valence-corrected chi connectivity index (χ3v) is 5.59. The van der Waals surface area contributed by atoms with Gasteiger partial charge in [-0.3, -0.25) is 9.36 Å². The Morgan fingerprint density at radius 2 is 1.93 bits per heavy atom. The number of nitrogens with one attached hydrogen (secondary N) is 1. The summed E-state index contributed by atoms with van der Waals surface area (Å²) >= 11 is 0. The summed E-state index contributed by atoms with van der Waals surface area (Å²) in [5.41, 5.74) is 3.13. The summed E-state index contributed by atoms with van der Waals surface area (Å²) in [5.74, 6) is 0.0781. The maximum atomic E-state index is 12.8. The first-order chi connectivity index (χ1) is 13.9. The van der Waals surface area contributed by atoms with E-state index in [1.54, 1.807) is 11.5 Å². The molecule has 7 nitrogen and oxygen atoms in total. The Kier molecular flexibility index (Phi) is 4.98. The molecule has 7 heteroatoms. The number of carbonyl (C=O) groups is 1. The summed E-state index contributed by atoms with van der Waals surface area (Å²) in [6.07, 6.45) is 1.89. The van der Waals surface area contributed by atoms with Gasteiger partial charge in [-0.05, 0) is 45.7 Å². The van der Waals surface area contributed by atoms with Crippen LogP contribution in [0.25, 0.3) is 0 Å². The summed E-state index contributed by atoms with van der Waals surface area (Å²) in [7, 11) is 0. The molecule has 0 bridgehead atoms. The van der Waals surface area contributed by atoms with E-state index in [2.05, 4.69) is 10.3 Å². The lowest BCUT2D eigenvalue weighted by molar-refractivity contribution is -0.146. The lowest BCUT2D eigenvalue weighted by Gasteiger charge is -2.30. The monoisotopic (exact) mass is 394 g/mol. The highest BCUT2D eigenvalue weighted by Gasteiger charge is 2.40. The van der Waals surface area contributed by atoms with Crippen LogP contribution in [0.1, 0.15) is 56.7 Å². The number of nitrogens with zero attached hydrogens (tertiary/aromatic N) is 3. The summed E-state index contributed by atoms with van der Waals surface area (Å²) in [4.78, 5) is 34.5. The molecule has 0 saturated heterocycles. The normalized spacial score (nSPS) is 20.6. The quantitative estimate of drug-likeness (QED) is 0.774. The molecule has 1 saturated carbocycles. The van der Waals surface area contributed by atoms with E-state index in [9.17, 15) is 9.59 Å². The van der Waals surface area contributed by atoms with Crippen LogP contribution in [0.15, 0.2) is 34.1 Å². The van der Waals surface area contributed by atoms with Crippen molar-refractivity contribution in [1.82, 2.24) is 9.55 Å². The van der Waals surface area contributed by atoms with Crippen LogP contribution in [0.4, 0.5) is 17.3 Å². The van der Waals surface area contributed by atoms with E-state index in [4.69, 9.17) is 9.73 Å². The molecule has 1 aromatic carbocycles. The Morgan fingerprint density at radius 3 is 2.55 bits per heavy atom. The van der Waals surface area contributed by atoms with Crippen molar-refractivity contribution >= 4 is 29.0 Å². The standard InChI is InChI=1S/C22H26N4O3/c1-5-29-21(27)17-13(3)18-19(24-15-8-6-12(2)7-9-15)25-22(28)26(16-10-11-16)20(18)23-14(17)4/h6-9,13,16-17H,5,10-11H2,1-4H3,(H,24,25,28). The van der Waals surface area contributed by atoms with Crippen LogP contribution in [0.3, 0.4) is 0 Å². The van der Waals surface area contributed by atoms with Crippen LogP contribution >= 0.6 is 0 Å². The molecule has 0 spiro atoms. The molecule has 4 rings (SSSR count). The topological polar surface area (TPSA) is 85.6 Å². The van der Waals surface area contributed by atoms with Gasteiger partial charge in [0, 0.05) is 28.9 Å². The maximum absolute atomic E-state index is 12.8. The summed E-state index contributed by atoms with van der Waals surface area (Å²) in [5, 5.41) is 3.28. The SMILES string of the molecule is CCOC(=O)C1C(C)=Nc2c(c(Nc3ccc(C)cc3)nc(=O)n2C2CC2)C1C. The number of aromatic nitrogens is 2. The molecular weight excluding hydrogens is 368 g/mol. The zero-order valence-corrected chi connectivity index (χ0v) is 17.2. The lowest BCUT2D eigenvalue weighted by atomic mass is 9.82. The van der Waals surface area contributed by atoms with Gasteiger partial charge in [-0.15, -0.1) is 0 Å². The largest absolute Gasteiger partial charge is 0.465 e. The van der Waals surface area contributed by atoms with Gasteiger partial charge >= 0.3 is 11.7 Å². The van der Waals surface area contributed by atoms with Crippen molar-refractivity contribution in [1.29, 1.82) is 0 Å². The molecule has 2 aliphatic rings. The van der Waals surface area contributed by atoms with Gasteiger partial charge in [0.2, 0.25) is 0 Å². The van der Waals surface area contributed by atoms with Crippen LogP contribution in [0.5, 0.6) is 0 Å². The fraction of sp³-hybridized carbons (Fsp3) is 0.455. The Labute approximate surface area is 169 Å². The van der Waals surface area contributed by atoms with E-state index in [0.29, 0.717) is 24.0 Å². The molecule has 152 valence electrons. The Bertz CT molecular complexity index is 1040. The molecule has 1 aliphatic carbocycles. The number of fused-ring (bicyclic) bond motifs is 1. The number of aryl methyl sites for hydroxylation is 1. The highest BCUT2D eigenvalue weighted by molar-refractivity contribution is 6.04. The van der Waals surface area contributed by atoms with Crippen molar-refractivity contribution in [2.75, 3.05) is 11.9 Å². The Hall–Kier alpha value is -2.96. The molecular formula is C22H26N4O3. The number of ether oxygens (including phenoxy) is 1.